The van der Waals surface area contributed by atoms with E-state index in [2.05, 4.69) is 10.1 Å². The summed E-state index contributed by atoms with van der Waals surface area (Å²) in [6.07, 6.45) is 3.84. The molecule has 0 spiro atoms. The molecule has 0 radical (unpaired) electrons. The Balaban J connectivity index is 1.38. The summed E-state index contributed by atoms with van der Waals surface area (Å²) in [7, 11) is 0. The first-order chi connectivity index (χ1) is 20.0. The van der Waals surface area contributed by atoms with Gasteiger partial charge in [-0.05, 0) is 67.0 Å². The molecule has 8 nitrogen and oxygen atoms in total. The van der Waals surface area contributed by atoms with Gasteiger partial charge in [0.1, 0.15) is 16.5 Å². The lowest BCUT2D eigenvalue weighted by molar-refractivity contribution is 0.00559. The van der Waals surface area contributed by atoms with E-state index in [4.69, 9.17) is 11.6 Å². The predicted molar refractivity (Wildman–Crippen MR) is 145 cm³/mol. The van der Waals surface area contributed by atoms with Gasteiger partial charge in [0, 0.05) is 36.7 Å². The molecular weight excluding hydrogens is 578 g/mol. The van der Waals surface area contributed by atoms with Gasteiger partial charge in [-0.3, -0.25) is 19.1 Å². The highest BCUT2D eigenvalue weighted by atomic mass is 35.5. The number of carbonyl (C=O) groups is 1. The Kier molecular flexibility index (Phi) is 6.93. The number of pyridine rings is 2. The third-order valence-electron chi connectivity index (χ3n) is 7.83. The molecule has 2 fully saturated rings. The maximum atomic E-state index is 16.2. The summed E-state index contributed by atoms with van der Waals surface area (Å²) >= 11 is 6.53. The lowest BCUT2D eigenvalue weighted by Crippen LogP contribution is -2.53. The molecular formula is C29H24ClF4N5O3. The van der Waals surface area contributed by atoms with Crippen LogP contribution in [-0.2, 0) is 0 Å². The zero-order valence-corrected chi connectivity index (χ0v) is 23.1. The minimum atomic E-state index is -2.76. The topological polar surface area (TPSA) is 93.2 Å². The summed E-state index contributed by atoms with van der Waals surface area (Å²) < 4.78 is 59.3. The van der Waals surface area contributed by atoms with E-state index in [0.29, 0.717) is 27.9 Å². The van der Waals surface area contributed by atoms with Gasteiger partial charge in [-0.1, -0.05) is 17.7 Å². The smallest absolute Gasteiger partial charge is 0.333 e. The number of alkyl halides is 2. The third kappa shape index (κ3) is 4.58. The second kappa shape index (κ2) is 10.4. The summed E-state index contributed by atoms with van der Waals surface area (Å²) in [6, 6.07) is 5.63. The van der Waals surface area contributed by atoms with Gasteiger partial charge in [0.25, 0.3) is 11.5 Å². The fourth-order valence-electron chi connectivity index (χ4n) is 5.54. The molecule has 1 saturated carbocycles. The van der Waals surface area contributed by atoms with E-state index < -0.39 is 41.4 Å². The van der Waals surface area contributed by atoms with E-state index >= 15 is 8.78 Å². The highest BCUT2D eigenvalue weighted by molar-refractivity contribution is 6.31. The zero-order valence-electron chi connectivity index (χ0n) is 22.4. The average Bonchev–Trinajstić information content (AvgIpc) is 3.56. The molecule has 1 unspecified atom stereocenters. The quantitative estimate of drug-likeness (QED) is 0.310. The van der Waals surface area contributed by atoms with Crippen LogP contribution in [0.3, 0.4) is 0 Å². The number of hydrogen-bond donors (Lipinski definition) is 1. The fraction of sp³-hybridized carbons (Fsp3) is 0.310. The highest BCUT2D eigenvalue weighted by Gasteiger charge is 2.42. The van der Waals surface area contributed by atoms with Crippen LogP contribution in [0.5, 0.6) is 0 Å². The van der Waals surface area contributed by atoms with E-state index in [-0.39, 0.29) is 52.3 Å². The lowest BCUT2D eigenvalue weighted by atomic mass is 10.0. The number of aliphatic hydroxyl groups is 1. The van der Waals surface area contributed by atoms with Gasteiger partial charge in [0.15, 0.2) is 5.82 Å². The number of aryl methyl sites for hydroxylation is 2. The Morgan fingerprint density at radius 3 is 2.52 bits per heavy atom. The molecule has 3 aromatic heterocycles. The monoisotopic (exact) mass is 601 g/mol. The summed E-state index contributed by atoms with van der Waals surface area (Å²) in [5.74, 6) is -2.93. The first-order valence-corrected chi connectivity index (χ1v) is 13.5. The van der Waals surface area contributed by atoms with Crippen LogP contribution < -0.4 is 5.56 Å². The van der Waals surface area contributed by atoms with Crippen LogP contribution in [0.1, 0.15) is 57.5 Å². The number of halogens is 5. The largest absolute Gasteiger partial charge is 0.389 e. The summed E-state index contributed by atoms with van der Waals surface area (Å²) in [6.45, 7) is 0.535. The number of rotatable bonds is 6. The van der Waals surface area contributed by atoms with Crippen LogP contribution >= 0.6 is 11.6 Å². The molecule has 2 aliphatic rings. The average molecular weight is 602 g/mol. The van der Waals surface area contributed by atoms with Crippen molar-refractivity contribution in [2.45, 2.75) is 44.8 Å². The standard InChI is InChI=1S/C29H24ClF4N5O3/c1-13-8-35-25(17-4-3-5-18(23(17)31)27(41)37-11-16(40)12-37)24(32)26(13)39-14(2)6-21(22(30)28(39)42)20-7-19(20)15-9-36-38(10-15)29(33)34/h3-6,8-10,16,19-20,29,40H,7,11-12H2,1-2H3/t19?,20-/m1/s1. The van der Waals surface area contributed by atoms with Crippen LogP contribution in [0.4, 0.5) is 17.6 Å². The number of aromatic nitrogens is 4. The van der Waals surface area contributed by atoms with Crippen molar-refractivity contribution in [3.05, 3.63) is 97.8 Å². The van der Waals surface area contributed by atoms with Crippen molar-refractivity contribution in [3.8, 4) is 16.9 Å². The molecule has 218 valence electrons. The predicted octanol–water partition coefficient (Wildman–Crippen LogP) is 5.13. The van der Waals surface area contributed by atoms with Crippen LogP contribution in [0.2, 0.25) is 5.02 Å². The van der Waals surface area contributed by atoms with Crippen LogP contribution in [0, 0.1) is 25.5 Å². The number of benzene rings is 1. The van der Waals surface area contributed by atoms with E-state index in [1.54, 1.807) is 19.9 Å². The van der Waals surface area contributed by atoms with E-state index in [0.717, 1.165) is 4.57 Å². The third-order valence-corrected chi connectivity index (χ3v) is 8.21. The molecule has 6 rings (SSSR count). The van der Waals surface area contributed by atoms with Crippen molar-refractivity contribution in [1.29, 1.82) is 0 Å². The molecule has 2 atom stereocenters. The summed E-state index contributed by atoms with van der Waals surface area (Å²) in [5, 5.41) is 13.0. The van der Waals surface area contributed by atoms with E-state index in [1.165, 1.54) is 41.7 Å². The SMILES string of the molecule is Cc1cnc(-c2cccc(C(=O)N3CC(O)C3)c2F)c(F)c1-n1c(C)cc([C@@H]2CC2c2cnn(C(F)F)c2)c(Cl)c1=O. The fourth-order valence-corrected chi connectivity index (χ4v) is 5.82. The molecule has 42 heavy (non-hydrogen) atoms. The number of hydrogen-bond acceptors (Lipinski definition) is 5. The first kappa shape index (κ1) is 28.1. The number of nitrogens with zero attached hydrogens (tertiary/aromatic N) is 5. The first-order valence-electron chi connectivity index (χ1n) is 13.1. The minimum absolute atomic E-state index is 0.0731. The Morgan fingerprint density at radius 1 is 1.12 bits per heavy atom. The van der Waals surface area contributed by atoms with Crippen molar-refractivity contribution in [1.82, 2.24) is 24.2 Å². The number of aliphatic hydroxyl groups excluding tert-OH is 1. The van der Waals surface area contributed by atoms with E-state index in [1.807, 2.05) is 0 Å². The van der Waals surface area contributed by atoms with Gasteiger partial charge < -0.3 is 10.0 Å². The van der Waals surface area contributed by atoms with Crippen LogP contribution in [-0.4, -0.2) is 54.4 Å². The molecule has 1 saturated heterocycles. The number of likely N-dealkylation sites (tertiary alicyclic amines) is 1. The molecule has 4 heterocycles. The van der Waals surface area contributed by atoms with Crippen molar-refractivity contribution < 1.29 is 27.5 Å². The molecule has 1 aliphatic heterocycles. The Labute approximate surface area is 241 Å². The molecule has 4 aromatic rings. The van der Waals surface area contributed by atoms with Crippen molar-refractivity contribution >= 4 is 17.5 Å². The summed E-state index contributed by atoms with van der Waals surface area (Å²) in [5.41, 5.74) is -0.0387. The zero-order chi connectivity index (χ0) is 30.0. The normalized spacial score (nSPS) is 18.5. The molecule has 1 aliphatic carbocycles. The Bertz CT molecular complexity index is 1800. The second-order valence-electron chi connectivity index (χ2n) is 10.7. The number of β-amino-alcohol motifs (C(OH)–C–C–N with tert-alkyl or cyclic N) is 1. The summed E-state index contributed by atoms with van der Waals surface area (Å²) in [4.78, 5) is 31.7. The Morgan fingerprint density at radius 2 is 1.86 bits per heavy atom. The van der Waals surface area contributed by atoms with Gasteiger partial charge in [-0.2, -0.15) is 13.9 Å². The number of amides is 1. The van der Waals surface area contributed by atoms with Crippen molar-refractivity contribution in [3.63, 3.8) is 0 Å². The van der Waals surface area contributed by atoms with Crippen molar-refractivity contribution in [2.75, 3.05) is 13.1 Å². The van der Waals surface area contributed by atoms with Crippen molar-refractivity contribution in [2.24, 2.45) is 0 Å². The molecule has 0 bridgehead atoms. The van der Waals surface area contributed by atoms with Gasteiger partial charge >= 0.3 is 6.55 Å². The second-order valence-corrected chi connectivity index (χ2v) is 11.0. The lowest BCUT2D eigenvalue weighted by Gasteiger charge is -2.36. The molecule has 13 heteroatoms. The molecule has 1 aromatic carbocycles. The maximum Gasteiger partial charge on any atom is 0.333 e. The molecule has 1 amide bonds. The minimum Gasteiger partial charge on any atom is -0.389 e. The maximum absolute atomic E-state index is 16.2. The van der Waals surface area contributed by atoms with Crippen LogP contribution in [0.15, 0.2) is 47.7 Å². The molecule has 1 N–H and O–H groups in total. The van der Waals surface area contributed by atoms with Gasteiger partial charge in [0.05, 0.1) is 23.6 Å². The highest BCUT2D eigenvalue weighted by Crippen LogP contribution is 2.56. The van der Waals surface area contributed by atoms with Crippen LogP contribution in [0.25, 0.3) is 16.9 Å². The van der Waals surface area contributed by atoms with Gasteiger partial charge in [-0.15, -0.1) is 0 Å². The number of carbonyl (C=O) groups excluding carboxylic acids is 1. The van der Waals surface area contributed by atoms with E-state index in [9.17, 15) is 23.5 Å². The van der Waals surface area contributed by atoms with Gasteiger partial charge in [0.2, 0.25) is 0 Å². The van der Waals surface area contributed by atoms with Gasteiger partial charge in [-0.25, -0.2) is 13.5 Å². The Hall–Kier alpha value is -4.03.